The number of aromatic nitrogens is 1. The molecule has 0 radical (unpaired) electrons. The average Bonchev–Trinajstić information content (AvgIpc) is 2.90. The summed E-state index contributed by atoms with van der Waals surface area (Å²) in [4.78, 5) is 9.94. The van der Waals surface area contributed by atoms with Gasteiger partial charge in [-0.3, -0.25) is 10.1 Å². The predicted molar refractivity (Wildman–Crippen MR) is 90.8 cm³/mol. The fourth-order valence-electron chi connectivity index (χ4n) is 2.36. The number of nitro groups is 1. The minimum Gasteiger partial charge on any atom is -0.343 e. The van der Waals surface area contributed by atoms with E-state index in [0.29, 0.717) is 5.69 Å². The zero-order valence-electron chi connectivity index (χ0n) is 12.7. The summed E-state index contributed by atoms with van der Waals surface area (Å²) in [6.45, 7) is 0. The Morgan fingerprint density at radius 3 is 2.42 bits per heavy atom. The van der Waals surface area contributed by atoms with Crippen molar-refractivity contribution in [2.24, 2.45) is 11.4 Å². The summed E-state index contributed by atoms with van der Waals surface area (Å²) in [5, 5.41) is 11.6. The van der Waals surface area contributed by atoms with Crippen LogP contribution in [0.1, 0.15) is 5.69 Å². The van der Waals surface area contributed by atoms with E-state index >= 15 is 0 Å². The summed E-state index contributed by atoms with van der Waals surface area (Å²) in [7, 11) is -2.10. The SMILES string of the molecule is Cn1c(/C=N\S(=O)(=O)c2ccc([N+](=O)[O-])cc2)cc2ccccc21. The van der Waals surface area contributed by atoms with E-state index in [-0.39, 0.29) is 10.6 Å². The fraction of sp³-hybridized carbons (Fsp3) is 0.0625. The summed E-state index contributed by atoms with van der Waals surface area (Å²) >= 11 is 0. The van der Waals surface area contributed by atoms with Gasteiger partial charge in [0, 0.05) is 30.1 Å². The number of fused-ring (bicyclic) bond motifs is 1. The number of rotatable bonds is 4. The third-order valence-corrected chi connectivity index (χ3v) is 4.91. The highest BCUT2D eigenvalue weighted by Gasteiger charge is 2.14. The van der Waals surface area contributed by atoms with Gasteiger partial charge in [-0.1, -0.05) is 18.2 Å². The van der Waals surface area contributed by atoms with Crippen molar-refractivity contribution in [1.82, 2.24) is 4.57 Å². The van der Waals surface area contributed by atoms with Crippen LogP contribution in [0.4, 0.5) is 5.69 Å². The average molecular weight is 343 g/mol. The molecular weight excluding hydrogens is 330 g/mol. The number of nitrogens with zero attached hydrogens (tertiary/aromatic N) is 3. The zero-order valence-corrected chi connectivity index (χ0v) is 13.5. The van der Waals surface area contributed by atoms with Crippen molar-refractivity contribution in [3.05, 3.63) is 70.4 Å². The molecule has 1 heterocycles. The maximum atomic E-state index is 12.2. The van der Waals surface area contributed by atoms with E-state index < -0.39 is 14.9 Å². The van der Waals surface area contributed by atoms with Crippen LogP contribution in [0.5, 0.6) is 0 Å². The molecule has 2 aromatic carbocycles. The highest BCUT2D eigenvalue weighted by molar-refractivity contribution is 7.90. The van der Waals surface area contributed by atoms with Crippen molar-refractivity contribution >= 4 is 32.8 Å². The molecule has 3 rings (SSSR count). The van der Waals surface area contributed by atoms with Crippen LogP contribution >= 0.6 is 0 Å². The Kier molecular flexibility index (Phi) is 3.90. The van der Waals surface area contributed by atoms with Crippen LogP contribution in [0.25, 0.3) is 10.9 Å². The number of nitro benzene ring substituents is 1. The van der Waals surface area contributed by atoms with Gasteiger partial charge in [0.25, 0.3) is 15.7 Å². The molecule has 8 heteroatoms. The van der Waals surface area contributed by atoms with E-state index in [4.69, 9.17) is 0 Å². The van der Waals surface area contributed by atoms with Crippen LogP contribution in [-0.2, 0) is 17.1 Å². The second-order valence-electron chi connectivity index (χ2n) is 5.15. The molecule has 0 aliphatic heterocycles. The molecule has 1 aromatic heterocycles. The van der Waals surface area contributed by atoms with Crippen LogP contribution in [0.2, 0.25) is 0 Å². The van der Waals surface area contributed by atoms with Crippen molar-refractivity contribution in [2.45, 2.75) is 4.90 Å². The molecule has 3 aromatic rings. The van der Waals surface area contributed by atoms with Crippen LogP contribution < -0.4 is 0 Å². The molecule has 7 nitrogen and oxygen atoms in total. The van der Waals surface area contributed by atoms with Crippen LogP contribution in [0.3, 0.4) is 0 Å². The Labute approximate surface area is 138 Å². The van der Waals surface area contributed by atoms with Gasteiger partial charge < -0.3 is 4.57 Å². The largest absolute Gasteiger partial charge is 0.343 e. The maximum Gasteiger partial charge on any atom is 0.282 e. The van der Waals surface area contributed by atoms with Gasteiger partial charge >= 0.3 is 0 Å². The first kappa shape index (κ1) is 15.9. The summed E-state index contributed by atoms with van der Waals surface area (Å²) in [6, 6.07) is 14.1. The van der Waals surface area contributed by atoms with Gasteiger partial charge in [-0.2, -0.15) is 12.8 Å². The van der Waals surface area contributed by atoms with E-state index in [1.165, 1.54) is 18.3 Å². The van der Waals surface area contributed by atoms with Gasteiger partial charge in [-0.15, -0.1) is 0 Å². The van der Waals surface area contributed by atoms with Crippen molar-refractivity contribution in [1.29, 1.82) is 0 Å². The fourth-order valence-corrected chi connectivity index (χ4v) is 3.21. The molecule has 0 spiro atoms. The molecule has 0 aliphatic rings. The Morgan fingerprint density at radius 2 is 1.79 bits per heavy atom. The van der Waals surface area contributed by atoms with Gasteiger partial charge in [-0.25, -0.2) is 0 Å². The number of sulfonamides is 1. The van der Waals surface area contributed by atoms with E-state index in [9.17, 15) is 18.5 Å². The van der Waals surface area contributed by atoms with Gasteiger partial charge in [0.15, 0.2) is 0 Å². The maximum absolute atomic E-state index is 12.2. The van der Waals surface area contributed by atoms with Crippen molar-refractivity contribution in [3.8, 4) is 0 Å². The molecule has 0 bridgehead atoms. The summed E-state index contributed by atoms with van der Waals surface area (Å²) in [5.41, 5.74) is 1.43. The molecule has 24 heavy (non-hydrogen) atoms. The lowest BCUT2D eigenvalue weighted by Crippen LogP contribution is -2.00. The number of aryl methyl sites for hydroxylation is 1. The first-order valence-corrected chi connectivity index (χ1v) is 8.42. The van der Waals surface area contributed by atoms with Crippen LogP contribution in [0, 0.1) is 10.1 Å². The molecule has 0 amide bonds. The predicted octanol–water partition coefficient (Wildman–Crippen LogP) is 2.89. The zero-order chi connectivity index (χ0) is 17.3. The molecule has 122 valence electrons. The minimum atomic E-state index is -3.92. The lowest BCUT2D eigenvalue weighted by molar-refractivity contribution is -0.384. The summed E-state index contributed by atoms with van der Waals surface area (Å²) in [6.07, 6.45) is 1.27. The second kappa shape index (κ2) is 5.89. The Bertz CT molecular complexity index is 1050. The molecular formula is C16H13N3O4S. The number of hydrogen-bond acceptors (Lipinski definition) is 4. The highest BCUT2D eigenvalue weighted by Crippen LogP contribution is 2.19. The molecule has 0 saturated heterocycles. The quantitative estimate of drug-likeness (QED) is 0.413. The van der Waals surface area contributed by atoms with Crippen molar-refractivity contribution in [2.75, 3.05) is 0 Å². The van der Waals surface area contributed by atoms with Crippen molar-refractivity contribution in [3.63, 3.8) is 0 Å². The molecule has 0 fully saturated rings. The molecule has 0 aliphatic carbocycles. The topological polar surface area (TPSA) is 94.6 Å². The van der Waals surface area contributed by atoms with Gasteiger partial charge in [0.1, 0.15) is 0 Å². The van der Waals surface area contributed by atoms with Gasteiger partial charge in [-0.05, 0) is 24.3 Å². The van der Waals surface area contributed by atoms with Crippen LogP contribution in [0.15, 0.2) is 63.9 Å². The monoisotopic (exact) mass is 343 g/mol. The number of benzene rings is 2. The third kappa shape index (κ3) is 2.91. The first-order valence-electron chi connectivity index (χ1n) is 6.98. The standard InChI is InChI=1S/C16H13N3O4S/c1-18-14(10-12-4-2-3-5-16(12)18)11-17-24(22,23)15-8-6-13(7-9-15)19(20)21/h2-11H,1H3/b17-11-. The second-order valence-corrected chi connectivity index (χ2v) is 6.78. The van der Waals surface area contributed by atoms with Crippen LogP contribution in [-0.4, -0.2) is 24.1 Å². The van der Waals surface area contributed by atoms with Crippen molar-refractivity contribution < 1.29 is 13.3 Å². The summed E-state index contributed by atoms with van der Waals surface area (Å²) in [5.74, 6) is 0. The minimum absolute atomic E-state index is 0.0943. The molecule has 0 unspecified atom stereocenters. The van der Waals surface area contributed by atoms with E-state index in [2.05, 4.69) is 4.40 Å². The highest BCUT2D eigenvalue weighted by atomic mass is 32.2. The lowest BCUT2D eigenvalue weighted by Gasteiger charge is -2.00. The molecule has 0 atom stereocenters. The lowest BCUT2D eigenvalue weighted by atomic mass is 10.2. The molecule has 0 saturated carbocycles. The number of para-hydroxylation sites is 1. The Morgan fingerprint density at radius 1 is 1.12 bits per heavy atom. The van der Waals surface area contributed by atoms with E-state index in [0.717, 1.165) is 23.0 Å². The van der Waals surface area contributed by atoms with Gasteiger partial charge in [0.05, 0.1) is 21.7 Å². The van der Waals surface area contributed by atoms with E-state index in [1.54, 1.807) is 0 Å². The third-order valence-electron chi connectivity index (χ3n) is 3.66. The first-order chi connectivity index (χ1) is 11.4. The molecule has 0 N–H and O–H groups in total. The Hall–Kier alpha value is -3.00. The smallest absolute Gasteiger partial charge is 0.282 e. The van der Waals surface area contributed by atoms with Gasteiger partial charge in [0.2, 0.25) is 0 Å². The van der Waals surface area contributed by atoms with E-state index in [1.807, 2.05) is 41.9 Å². The number of non-ortho nitro benzene ring substituents is 1. The Balaban J connectivity index is 1.94. The normalized spacial score (nSPS) is 12.0. The number of hydrogen-bond donors (Lipinski definition) is 0. The summed E-state index contributed by atoms with van der Waals surface area (Å²) < 4.78 is 30.0.